The van der Waals surface area contributed by atoms with Gasteiger partial charge in [0.15, 0.2) is 9.84 Å². The predicted octanol–water partition coefficient (Wildman–Crippen LogP) is 0.0366. The molecule has 6 nitrogen and oxygen atoms in total. The average Bonchev–Trinajstić information content (AvgIpc) is 2.80. The van der Waals surface area contributed by atoms with Gasteiger partial charge in [-0.15, -0.1) is 0 Å². The third kappa shape index (κ3) is 2.75. The number of carbonyl (C=O) groups excluding carboxylic acids is 1. The molecule has 3 atom stereocenters. The zero-order chi connectivity index (χ0) is 14.4. The zero-order valence-corrected chi connectivity index (χ0v) is 11.9. The van der Waals surface area contributed by atoms with Crippen LogP contribution < -0.4 is 5.32 Å². The second kappa shape index (κ2) is 4.47. The third-order valence-electron chi connectivity index (χ3n) is 4.19. The van der Waals surface area contributed by atoms with Crippen LogP contribution in [0.15, 0.2) is 0 Å². The molecule has 1 saturated carbocycles. The molecular formula is C12H19NO5S. The molecule has 0 aromatic heterocycles. The van der Waals surface area contributed by atoms with Gasteiger partial charge < -0.3 is 10.4 Å². The third-order valence-corrected chi connectivity index (χ3v) is 6.01. The van der Waals surface area contributed by atoms with Gasteiger partial charge in [0.25, 0.3) is 0 Å². The largest absolute Gasteiger partial charge is 0.481 e. The normalized spacial score (nSPS) is 35.4. The molecule has 0 spiro atoms. The number of amides is 1. The van der Waals surface area contributed by atoms with E-state index in [1.54, 1.807) is 13.8 Å². The van der Waals surface area contributed by atoms with Crippen molar-refractivity contribution in [2.45, 2.75) is 32.7 Å². The number of carbonyl (C=O) groups is 2. The molecule has 108 valence electrons. The zero-order valence-electron chi connectivity index (χ0n) is 11.0. The van der Waals surface area contributed by atoms with E-state index in [0.717, 1.165) is 0 Å². The van der Waals surface area contributed by atoms with E-state index in [2.05, 4.69) is 5.32 Å². The van der Waals surface area contributed by atoms with Crippen LogP contribution in [0.2, 0.25) is 0 Å². The summed E-state index contributed by atoms with van der Waals surface area (Å²) in [5, 5.41) is 11.7. The first-order valence-corrected chi connectivity index (χ1v) is 8.21. The highest BCUT2D eigenvalue weighted by Crippen LogP contribution is 2.58. The maximum atomic E-state index is 12.0. The van der Waals surface area contributed by atoms with Crippen molar-refractivity contribution in [1.29, 1.82) is 0 Å². The van der Waals surface area contributed by atoms with Gasteiger partial charge in [-0.25, -0.2) is 8.42 Å². The first-order chi connectivity index (χ1) is 8.65. The lowest BCUT2D eigenvalue weighted by atomic mass is 10.1. The molecule has 0 aromatic carbocycles. The molecule has 2 aliphatic rings. The fourth-order valence-corrected chi connectivity index (χ4v) is 4.65. The van der Waals surface area contributed by atoms with Gasteiger partial charge in [-0.3, -0.25) is 9.59 Å². The van der Waals surface area contributed by atoms with Crippen LogP contribution in [0.1, 0.15) is 26.7 Å². The van der Waals surface area contributed by atoms with Crippen molar-refractivity contribution in [2.75, 3.05) is 11.5 Å². The lowest BCUT2D eigenvalue weighted by Crippen LogP contribution is -2.44. The maximum absolute atomic E-state index is 12.0. The Kier molecular flexibility index (Phi) is 3.36. The standard InChI is InChI=1S/C12H19NO5S/c1-12(2)8(9(12)11(15)16)10(14)13-7-4-3-5-19(17,18)6-7/h7-9H,3-6H2,1-2H3,(H,13,14)(H,15,16). The lowest BCUT2D eigenvalue weighted by molar-refractivity contribution is -0.140. The summed E-state index contributed by atoms with van der Waals surface area (Å²) in [6.07, 6.45) is 1.18. The summed E-state index contributed by atoms with van der Waals surface area (Å²) in [4.78, 5) is 23.1. The highest BCUT2D eigenvalue weighted by Gasteiger charge is 2.66. The fourth-order valence-electron chi connectivity index (χ4n) is 3.02. The van der Waals surface area contributed by atoms with Gasteiger partial charge in [0.05, 0.1) is 23.3 Å². The molecule has 19 heavy (non-hydrogen) atoms. The van der Waals surface area contributed by atoms with E-state index in [9.17, 15) is 18.0 Å². The van der Waals surface area contributed by atoms with Crippen LogP contribution >= 0.6 is 0 Å². The summed E-state index contributed by atoms with van der Waals surface area (Å²) in [6, 6.07) is -0.378. The Hall–Kier alpha value is -1.11. The number of hydrogen-bond donors (Lipinski definition) is 2. The first-order valence-electron chi connectivity index (χ1n) is 6.39. The summed E-state index contributed by atoms with van der Waals surface area (Å²) in [5.74, 6) is -2.40. The van der Waals surface area contributed by atoms with E-state index >= 15 is 0 Å². The van der Waals surface area contributed by atoms with Crippen LogP contribution in [0.5, 0.6) is 0 Å². The minimum absolute atomic E-state index is 0.0381. The van der Waals surface area contributed by atoms with Crippen molar-refractivity contribution >= 4 is 21.7 Å². The van der Waals surface area contributed by atoms with Gasteiger partial charge >= 0.3 is 5.97 Å². The Morgan fingerprint density at radius 1 is 1.26 bits per heavy atom. The lowest BCUT2D eigenvalue weighted by Gasteiger charge is -2.23. The Morgan fingerprint density at radius 2 is 1.89 bits per heavy atom. The van der Waals surface area contributed by atoms with E-state index in [4.69, 9.17) is 5.11 Å². The summed E-state index contributed by atoms with van der Waals surface area (Å²) < 4.78 is 23.0. The molecule has 0 aromatic rings. The van der Waals surface area contributed by atoms with Gasteiger partial charge in [0, 0.05) is 6.04 Å². The van der Waals surface area contributed by atoms with Gasteiger partial charge in [-0.05, 0) is 18.3 Å². The van der Waals surface area contributed by atoms with Crippen molar-refractivity contribution < 1.29 is 23.1 Å². The number of rotatable bonds is 3. The van der Waals surface area contributed by atoms with Crippen molar-refractivity contribution in [1.82, 2.24) is 5.32 Å². The smallest absolute Gasteiger partial charge is 0.307 e. The molecular weight excluding hydrogens is 270 g/mol. The van der Waals surface area contributed by atoms with Crippen LogP contribution in [0.25, 0.3) is 0 Å². The minimum Gasteiger partial charge on any atom is -0.481 e. The first kappa shape index (κ1) is 14.3. The van der Waals surface area contributed by atoms with Gasteiger partial charge in [0.2, 0.25) is 5.91 Å². The van der Waals surface area contributed by atoms with Crippen molar-refractivity contribution in [3.63, 3.8) is 0 Å². The SMILES string of the molecule is CC1(C)C(C(=O)O)C1C(=O)NC1CCCS(=O)(=O)C1. The minimum atomic E-state index is -3.07. The summed E-state index contributed by atoms with van der Waals surface area (Å²) in [7, 11) is -3.07. The molecule has 1 aliphatic carbocycles. The van der Waals surface area contributed by atoms with Gasteiger partial charge in [-0.1, -0.05) is 13.8 Å². The molecule has 1 saturated heterocycles. The molecule has 2 fully saturated rings. The molecule has 2 N–H and O–H groups in total. The molecule has 1 amide bonds. The second-order valence-electron chi connectivity index (χ2n) is 6.08. The average molecular weight is 289 g/mol. The van der Waals surface area contributed by atoms with Crippen LogP contribution in [0.3, 0.4) is 0 Å². The number of nitrogens with one attached hydrogen (secondary N) is 1. The molecule has 0 radical (unpaired) electrons. The number of aliphatic carboxylic acids is 1. The highest BCUT2D eigenvalue weighted by atomic mass is 32.2. The van der Waals surface area contributed by atoms with E-state index in [-0.39, 0.29) is 23.5 Å². The van der Waals surface area contributed by atoms with Crippen molar-refractivity contribution in [3.8, 4) is 0 Å². The molecule has 0 bridgehead atoms. The molecule has 7 heteroatoms. The van der Waals surface area contributed by atoms with E-state index in [0.29, 0.717) is 12.8 Å². The van der Waals surface area contributed by atoms with Crippen LogP contribution in [0, 0.1) is 17.3 Å². The van der Waals surface area contributed by atoms with Crippen LogP contribution in [-0.4, -0.2) is 42.9 Å². The van der Waals surface area contributed by atoms with E-state index in [1.165, 1.54) is 0 Å². The molecule has 1 heterocycles. The summed E-state index contributed by atoms with van der Waals surface area (Å²) in [5.41, 5.74) is -0.552. The topological polar surface area (TPSA) is 101 Å². The monoisotopic (exact) mass is 289 g/mol. The summed E-state index contributed by atoms with van der Waals surface area (Å²) in [6.45, 7) is 3.49. The highest BCUT2D eigenvalue weighted by molar-refractivity contribution is 7.91. The fraction of sp³-hybridized carbons (Fsp3) is 0.833. The quantitative estimate of drug-likeness (QED) is 0.764. The van der Waals surface area contributed by atoms with Crippen molar-refractivity contribution in [3.05, 3.63) is 0 Å². The second-order valence-corrected chi connectivity index (χ2v) is 8.31. The van der Waals surface area contributed by atoms with Crippen LogP contribution in [-0.2, 0) is 19.4 Å². The molecule has 1 aliphatic heterocycles. The van der Waals surface area contributed by atoms with E-state index in [1.807, 2.05) is 0 Å². The number of hydrogen-bond acceptors (Lipinski definition) is 4. The summed E-state index contributed by atoms with van der Waals surface area (Å²) >= 11 is 0. The Bertz CT molecular complexity index is 510. The van der Waals surface area contributed by atoms with Crippen molar-refractivity contribution in [2.24, 2.45) is 17.3 Å². The van der Waals surface area contributed by atoms with Gasteiger partial charge in [-0.2, -0.15) is 0 Å². The van der Waals surface area contributed by atoms with E-state index < -0.39 is 33.1 Å². The Labute approximate surface area is 112 Å². The number of sulfone groups is 1. The number of carboxylic acid groups (broad SMARTS) is 1. The Morgan fingerprint density at radius 3 is 2.37 bits per heavy atom. The molecule has 3 unspecified atom stereocenters. The number of carboxylic acids is 1. The molecule has 2 rings (SSSR count). The predicted molar refractivity (Wildman–Crippen MR) is 68.2 cm³/mol. The Balaban J connectivity index is 1.98. The van der Waals surface area contributed by atoms with Gasteiger partial charge in [0.1, 0.15) is 0 Å². The van der Waals surface area contributed by atoms with Crippen LogP contribution in [0.4, 0.5) is 0 Å². The maximum Gasteiger partial charge on any atom is 0.307 e.